The lowest BCUT2D eigenvalue weighted by Crippen LogP contribution is -2.18. The highest BCUT2D eigenvalue weighted by Crippen LogP contribution is 2.12. The molecule has 0 heterocycles. The molecule has 1 rings (SSSR count). The van der Waals surface area contributed by atoms with Crippen LogP contribution >= 0.6 is 0 Å². The third kappa shape index (κ3) is 6.65. The first kappa shape index (κ1) is 15.0. The van der Waals surface area contributed by atoms with E-state index < -0.39 is 0 Å². The fourth-order valence-electron chi connectivity index (χ4n) is 1.83. The van der Waals surface area contributed by atoms with Crippen molar-refractivity contribution in [2.45, 2.75) is 46.0 Å². The van der Waals surface area contributed by atoms with E-state index in [0.717, 1.165) is 38.3 Å². The van der Waals surface area contributed by atoms with Gasteiger partial charge < -0.3 is 10.1 Å². The van der Waals surface area contributed by atoms with Gasteiger partial charge in [-0.3, -0.25) is 0 Å². The first-order valence-electron chi connectivity index (χ1n) is 7.29. The molecule has 0 aliphatic heterocycles. The van der Waals surface area contributed by atoms with Gasteiger partial charge in [0.05, 0.1) is 6.61 Å². The molecule has 0 saturated heterocycles. The number of aryl methyl sites for hydroxylation is 1. The summed E-state index contributed by atoms with van der Waals surface area (Å²) in [5, 5.41) is 3.44. The highest BCUT2D eigenvalue weighted by atomic mass is 16.5. The lowest BCUT2D eigenvalue weighted by atomic mass is 10.2. The first-order chi connectivity index (χ1) is 8.86. The van der Waals surface area contributed by atoms with E-state index in [1.54, 1.807) is 0 Å². The zero-order valence-electron chi connectivity index (χ0n) is 11.9. The summed E-state index contributed by atoms with van der Waals surface area (Å²) in [6.07, 6.45) is 6.06. The molecule has 1 N–H and O–H groups in total. The minimum absolute atomic E-state index is 0.798. The lowest BCUT2D eigenvalue weighted by molar-refractivity contribution is 0.308. The average molecular weight is 249 g/mol. The summed E-state index contributed by atoms with van der Waals surface area (Å²) < 4.78 is 5.69. The van der Waals surface area contributed by atoms with Crippen molar-refractivity contribution < 1.29 is 4.74 Å². The lowest BCUT2D eigenvalue weighted by Gasteiger charge is -2.07. The molecule has 0 atom stereocenters. The van der Waals surface area contributed by atoms with E-state index >= 15 is 0 Å². The molecule has 0 fully saturated rings. The first-order valence-corrected chi connectivity index (χ1v) is 7.29. The molecular formula is C16H27NO. The fraction of sp³-hybridized carbons (Fsp3) is 0.625. The molecule has 0 spiro atoms. The van der Waals surface area contributed by atoms with Crippen LogP contribution in [0, 0.1) is 0 Å². The average Bonchev–Trinajstić information content (AvgIpc) is 2.42. The van der Waals surface area contributed by atoms with E-state index in [2.05, 4.69) is 43.4 Å². The summed E-state index contributed by atoms with van der Waals surface area (Å²) >= 11 is 0. The van der Waals surface area contributed by atoms with Crippen LogP contribution in [-0.2, 0) is 6.42 Å². The van der Waals surface area contributed by atoms with Crippen molar-refractivity contribution in [3.05, 3.63) is 29.8 Å². The Morgan fingerprint density at radius 3 is 2.33 bits per heavy atom. The second-order valence-corrected chi connectivity index (χ2v) is 4.66. The maximum Gasteiger partial charge on any atom is 0.119 e. The molecule has 0 aliphatic rings. The molecule has 2 nitrogen and oxygen atoms in total. The number of rotatable bonds is 10. The molecule has 0 amide bonds. The Balaban J connectivity index is 2.00. The second kappa shape index (κ2) is 9.95. The number of unbranched alkanes of at least 4 members (excludes halogenated alkanes) is 2. The van der Waals surface area contributed by atoms with E-state index in [1.165, 1.54) is 24.8 Å². The van der Waals surface area contributed by atoms with Gasteiger partial charge in [-0.1, -0.05) is 38.8 Å². The summed E-state index contributed by atoms with van der Waals surface area (Å²) in [5.41, 5.74) is 1.36. The van der Waals surface area contributed by atoms with Gasteiger partial charge in [-0.2, -0.15) is 0 Å². The molecule has 0 unspecified atom stereocenters. The van der Waals surface area contributed by atoms with E-state index in [4.69, 9.17) is 4.74 Å². The molecular weight excluding hydrogens is 222 g/mol. The molecule has 0 radical (unpaired) electrons. The molecule has 0 saturated carbocycles. The Bertz CT molecular complexity index is 294. The third-order valence-corrected chi connectivity index (χ3v) is 3.06. The van der Waals surface area contributed by atoms with Crippen molar-refractivity contribution in [1.82, 2.24) is 5.32 Å². The number of benzene rings is 1. The van der Waals surface area contributed by atoms with Crippen LogP contribution in [0.2, 0.25) is 0 Å². The van der Waals surface area contributed by atoms with Crippen LogP contribution in [0.25, 0.3) is 0 Å². The van der Waals surface area contributed by atoms with E-state index in [-0.39, 0.29) is 0 Å². The zero-order valence-corrected chi connectivity index (χ0v) is 11.9. The Labute approximate surface area is 112 Å². The Morgan fingerprint density at radius 2 is 1.67 bits per heavy atom. The topological polar surface area (TPSA) is 21.3 Å². The number of nitrogens with one attached hydrogen (secondary N) is 1. The molecule has 102 valence electrons. The van der Waals surface area contributed by atoms with Gasteiger partial charge >= 0.3 is 0 Å². The van der Waals surface area contributed by atoms with Crippen LogP contribution in [-0.4, -0.2) is 19.7 Å². The molecule has 0 aromatic heterocycles. The maximum atomic E-state index is 5.69. The van der Waals surface area contributed by atoms with Crippen molar-refractivity contribution >= 4 is 0 Å². The smallest absolute Gasteiger partial charge is 0.119 e. The summed E-state index contributed by atoms with van der Waals surface area (Å²) in [5.74, 6) is 0.984. The molecule has 18 heavy (non-hydrogen) atoms. The van der Waals surface area contributed by atoms with Crippen LogP contribution in [0.1, 0.15) is 45.1 Å². The minimum Gasteiger partial charge on any atom is -0.494 e. The minimum atomic E-state index is 0.798. The normalized spacial score (nSPS) is 10.6. The number of ether oxygens (including phenoxy) is 1. The van der Waals surface area contributed by atoms with Crippen molar-refractivity contribution in [2.75, 3.05) is 19.7 Å². The Hall–Kier alpha value is -1.02. The largest absolute Gasteiger partial charge is 0.494 e. The number of hydrogen-bond acceptors (Lipinski definition) is 2. The third-order valence-electron chi connectivity index (χ3n) is 3.06. The van der Waals surface area contributed by atoms with Gasteiger partial charge in [-0.05, 0) is 50.0 Å². The second-order valence-electron chi connectivity index (χ2n) is 4.66. The fourth-order valence-corrected chi connectivity index (χ4v) is 1.83. The monoisotopic (exact) mass is 249 g/mol. The Morgan fingerprint density at radius 1 is 0.944 bits per heavy atom. The highest BCUT2D eigenvalue weighted by Gasteiger charge is 1.94. The van der Waals surface area contributed by atoms with Crippen LogP contribution in [0.15, 0.2) is 24.3 Å². The SMILES string of the molecule is CCCCCNCCCOc1ccc(CC)cc1. The van der Waals surface area contributed by atoms with Crippen molar-refractivity contribution in [3.8, 4) is 5.75 Å². The highest BCUT2D eigenvalue weighted by molar-refractivity contribution is 5.27. The quantitative estimate of drug-likeness (QED) is 0.637. The summed E-state index contributed by atoms with van der Waals surface area (Å²) in [6, 6.07) is 8.40. The molecule has 0 aliphatic carbocycles. The predicted molar refractivity (Wildman–Crippen MR) is 78.3 cm³/mol. The molecule has 0 bridgehead atoms. The van der Waals surface area contributed by atoms with Crippen LogP contribution in [0.5, 0.6) is 5.75 Å². The van der Waals surface area contributed by atoms with Crippen LogP contribution < -0.4 is 10.1 Å². The van der Waals surface area contributed by atoms with Gasteiger partial charge in [-0.15, -0.1) is 0 Å². The molecule has 1 aromatic rings. The Kier molecular flexibility index (Phi) is 8.32. The van der Waals surface area contributed by atoms with Crippen molar-refractivity contribution in [1.29, 1.82) is 0 Å². The van der Waals surface area contributed by atoms with E-state index in [9.17, 15) is 0 Å². The summed E-state index contributed by atoms with van der Waals surface area (Å²) in [6.45, 7) is 7.39. The van der Waals surface area contributed by atoms with Crippen LogP contribution in [0.3, 0.4) is 0 Å². The van der Waals surface area contributed by atoms with Crippen LogP contribution in [0.4, 0.5) is 0 Å². The zero-order chi connectivity index (χ0) is 13.1. The van der Waals surface area contributed by atoms with Gasteiger partial charge in [0.25, 0.3) is 0 Å². The van der Waals surface area contributed by atoms with Gasteiger partial charge in [-0.25, -0.2) is 0 Å². The van der Waals surface area contributed by atoms with E-state index in [1.807, 2.05) is 0 Å². The van der Waals surface area contributed by atoms with Crippen molar-refractivity contribution in [3.63, 3.8) is 0 Å². The standard InChI is InChI=1S/C16H27NO/c1-3-5-6-12-17-13-7-14-18-16-10-8-15(4-2)9-11-16/h8-11,17H,3-7,12-14H2,1-2H3. The van der Waals surface area contributed by atoms with E-state index in [0.29, 0.717) is 0 Å². The number of hydrogen-bond donors (Lipinski definition) is 1. The predicted octanol–water partition coefficient (Wildman–Crippen LogP) is 3.80. The van der Waals surface area contributed by atoms with Gasteiger partial charge in [0.15, 0.2) is 0 Å². The van der Waals surface area contributed by atoms with Gasteiger partial charge in [0.2, 0.25) is 0 Å². The van der Waals surface area contributed by atoms with Gasteiger partial charge in [0.1, 0.15) is 5.75 Å². The molecule has 2 heteroatoms. The van der Waals surface area contributed by atoms with Crippen molar-refractivity contribution in [2.24, 2.45) is 0 Å². The molecule has 1 aromatic carbocycles. The maximum absolute atomic E-state index is 5.69. The summed E-state index contributed by atoms with van der Waals surface area (Å²) in [4.78, 5) is 0. The van der Waals surface area contributed by atoms with Gasteiger partial charge in [0, 0.05) is 0 Å². The summed E-state index contributed by atoms with van der Waals surface area (Å²) in [7, 11) is 0.